The molecule has 0 aromatic heterocycles. The Bertz CT molecular complexity index is 296. The van der Waals surface area contributed by atoms with Crippen LogP contribution in [-0.2, 0) is 17.8 Å². The fraction of sp³-hybridized carbons (Fsp3) is 0.400. The van der Waals surface area contributed by atoms with Crippen LogP contribution >= 0.6 is 0 Å². The minimum atomic E-state index is 0.348. The molecule has 2 heteroatoms. The van der Waals surface area contributed by atoms with E-state index < -0.39 is 0 Å². The highest BCUT2D eigenvalue weighted by Crippen LogP contribution is 2.22. The Morgan fingerprint density at radius 3 is 3.08 bits per heavy atom. The number of hydrogen-bond donors (Lipinski definition) is 1. The fourth-order valence-corrected chi connectivity index (χ4v) is 1.58. The molecule has 0 spiro atoms. The number of benzene rings is 1. The van der Waals surface area contributed by atoms with Crippen LogP contribution in [0.1, 0.15) is 18.1 Å². The molecule has 1 heterocycles. The summed E-state index contributed by atoms with van der Waals surface area (Å²) in [5.74, 6) is 0. The Kier molecular flexibility index (Phi) is 1.77. The molecular weight excluding hydrogens is 150 g/mol. The second kappa shape index (κ2) is 2.79. The van der Waals surface area contributed by atoms with Crippen LogP contribution in [0.4, 0.5) is 5.69 Å². The number of rotatable bonds is 0. The molecule has 0 saturated carbocycles. The molecule has 0 bridgehead atoms. The normalized spacial score (nSPS) is 21.9. The Balaban J connectivity index is 2.37. The lowest BCUT2D eigenvalue weighted by Crippen LogP contribution is -2.18. The van der Waals surface area contributed by atoms with E-state index in [0.717, 1.165) is 12.1 Å². The van der Waals surface area contributed by atoms with Gasteiger partial charge in [-0.3, -0.25) is 0 Å². The topological polar surface area (TPSA) is 35.2 Å². The molecule has 1 unspecified atom stereocenters. The molecule has 12 heavy (non-hydrogen) atoms. The molecule has 0 aliphatic carbocycles. The van der Waals surface area contributed by atoms with Crippen molar-refractivity contribution in [2.75, 3.05) is 5.73 Å². The first-order valence-corrected chi connectivity index (χ1v) is 4.24. The van der Waals surface area contributed by atoms with Crippen molar-refractivity contribution in [3.05, 3.63) is 29.3 Å². The maximum Gasteiger partial charge on any atom is 0.0724 e. The lowest BCUT2D eigenvalue weighted by molar-refractivity contribution is 0.0411. The summed E-state index contributed by atoms with van der Waals surface area (Å²) in [6, 6.07) is 6.06. The van der Waals surface area contributed by atoms with E-state index in [1.165, 1.54) is 11.1 Å². The van der Waals surface area contributed by atoms with Crippen molar-refractivity contribution in [2.45, 2.75) is 26.1 Å². The van der Waals surface area contributed by atoms with E-state index in [1.807, 2.05) is 12.1 Å². The van der Waals surface area contributed by atoms with Crippen LogP contribution in [0.25, 0.3) is 0 Å². The molecule has 1 atom stereocenters. The van der Waals surface area contributed by atoms with E-state index in [-0.39, 0.29) is 0 Å². The average Bonchev–Trinajstić information content (AvgIpc) is 2.05. The third kappa shape index (κ3) is 1.30. The van der Waals surface area contributed by atoms with Crippen molar-refractivity contribution in [3.8, 4) is 0 Å². The maximum absolute atomic E-state index is 5.66. The third-order valence-electron chi connectivity index (χ3n) is 2.26. The quantitative estimate of drug-likeness (QED) is 0.591. The summed E-state index contributed by atoms with van der Waals surface area (Å²) in [6.45, 7) is 2.81. The standard InChI is InChI=1S/C10H13NO/c1-7-4-8-2-3-10(11)5-9(8)6-12-7/h2-3,5,7H,4,6,11H2,1H3. The van der Waals surface area contributed by atoms with E-state index in [0.29, 0.717) is 12.7 Å². The minimum absolute atomic E-state index is 0.348. The Labute approximate surface area is 72.3 Å². The van der Waals surface area contributed by atoms with Crippen LogP contribution in [0.15, 0.2) is 18.2 Å². The molecule has 1 aromatic rings. The van der Waals surface area contributed by atoms with Crippen LogP contribution in [0, 0.1) is 0 Å². The molecule has 1 aromatic carbocycles. The SMILES string of the molecule is CC1Cc2ccc(N)cc2CO1. The van der Waals surface area contributed by atoms with Crippen LogP contribution < -0.4 is 5.73 Å². The summed E-state index contributed by atoms with van der Waals surface area (Å²) in [7, 11) is 0. The number of nitrogen functional groups attached to an aromatic ring is 1. The van der Waals surface area contributed by atoms with Gasteiger partial charge in [0.25, 0.3) is 0 Å². The number of fused-ring (bicyclic) bond motifs is 1. The largest absolute Gasteiger partial charge is 0.399 e. The van der Waals surface area contributed by atoms with Crippen LogP contribution in [0.5, 0.6) is 0 Å². The maximum atomic E-state index is 5.66. The first-order valence-electron chi connectivity index (χ1n) is 4.24. The highest BCUT2D eigenvalue weighted by Gasteiger charge is 2.14. The van der Waals surface area contributed by atoms with E-state index in [4.69, 9.17) is 10.5 Å². The molecule has 0 saturated heterocycles. The second-order valence-electron chi connectivity index (χ2n) is 3.35. The number of ether oxygens (including phenoxy) is 1. The van der Waals surface area contributed by atoms with Gasteiger partial charge < -0.3 is 10.5 Å². The highest BCUT2D eigenvalue weighted by molar-refractivity contribution is 5.45. The molecule has 2 N–H and O–H groups in total. The van der Waals surface area contributed by atoms with Gasteiger partial charge in [-0.1, -0.05) is 6.07 Å². The zero-order valence-corrected chi connectivity index (χ0v) is 7.21. The molecule has 1 aliphatic rings. The second-order valence-corrected chi connectivity index (χ2v) is 3.35. The monoisotopic (exact) mass is 163 g/mol. The summed E-state index contributed by atoms with van der Waals surface area (Å²) >= 11 is 0. The van der Waals surface area contributed by atoms with Crippen LogP contribution in [0.2, 0.25) is 0 Å². The molecule has 0 radical (unpaired) electrons. The number of nitrogens with two attached hydrogens (primary N) is 1. The van der Waals surface area contributed by atoms with Crippen molar-refractivity contribution < 1.29 is 4.74 Å². The summed E-state index contributed by atoms with van der Waals surface area (Å²) in [6.07, 6.45) is 1.36. The molecule has 2 rings (SSSR count). The van der Waals surface area contributed by atoms with Crippen molar-refractivity contribution >= 4 is 5.69 Å². The first-order chi connectivity index (χ1) is 5.75. The molecule has 0 fully saturated rings. The van der Waals surface area contributed by atoms with Gasteiger partial charge in [-0.25, -0.2) is 0 Å². The zero-order chi connectivity index (χ0) is 8.55. The van der Waals surface area contributed by atoms with Gasteiger partial charge in [0.05, 0.1) is 12.7 Å². The predicted molar refractivity (Wildman–Crippen MR) is 48.8 cm³/mol. The number of hydrogen-bond acceptors (Lipinski definition) is 2. The third-order valence-corrected chi connectivity index (χ3v) is 2.26. The highest BCUT2D eigenvalue weighted by atomic mass is 16.5. The molecule has 2 nitrogen and oxygen atoms in total. The van der Waals surface area contributed by atoms with E-state index in [9.17, 15) is 0 Å². The van der Waals surface area contributed by atoms with Gasteiger partial charge in [0, 0.05) is 5.69 Å². The van der Waals surface area contributed by atoms with E-state index in [1.54, 1.807) is 0 Å². The Morgan fingerprint density at radius 1 is 1.42 bits per heavy atom. The summed E-state index contributed by atoms with van der Waals surface area (Å²) in [4.78, 5) is 0. The lowest BCUT2D eigenvalue weighted by atomic mass is 9.99. The molecule has 1 aliphatic heterocycles. The first kappa shape index (κ1) is 7.62. The van der Waals surface area contributed by atoms with Crippen LogP contribution in [-0.4, -0.2) is 6.10 Å². The van der Waals surface area contributed by atoms with Gasteiger partial charge in [-0.05, 0) is 36.6 Å². The molecule has 0 amide bonds. The van der Waals surface area contributed by atoms with Crippen molar-refractivity contribution in [1.82, 2.24) is 0 Å². The van der Waals surface area contributed by atoms with Gasteiger partial charge in [-0.2, -0.15) is 0 Å². The number of anilines is 1. The van der Waals surface area contributed by atoms with Crippen molar-refractivity contribution in [2.24, 2.45) is 0 Å². The average molecular weight is 163 g/mol. The smallest absolute Gasteiger partial charge is 0.0724 e. The van der Waals surface area contributed by atoms with Gasteiger partial charge in [0.2, 0.25) is 0 Å². The zero-order valence-electron chi connectivity index (χ0n) is 7.21. The van der Waals surface area contributed by atoms with Gasteiger partial charge in [0.15, 0.2) is 0 Å². The minimum Gasteiger partial charge on any atom is -0.399 e. The predicted octanol–water partition coefficient (Wildman–Crippen LogP) is 1.73. The summed E-state index contributed by atoms with van der Waals surface area (Å²) in [5, 5.41) is 0. The fourth-order valence-electron chi connectivity index (χ4n) is 1.58. The van der Waals surface area contributed by atoms with Gasteiger partial charge in [-0.15, -0.1) is 0 Å². The van der Waals surface area contributed by atoms with Crippen LogP contribution in [0.3, 0.4) is 0 Å². The summed E-state index contributed by atoms with van der Waals surface area (Å²) in [5.41, 5.74) is 9.11. The van der Waals surface area contributed by atoms with E-state index in [2.05, 4.69) is 13.0 Å². The Morgan fingerprint density at radius 2 is 2.25 bits per heavy atom. The summed E-state index contributed by atoms with van der Waals surface area (Å²) < 4.78 is 5.50. The van der Waals surface area contributed by atoms with Crippen molar-refractivity contribution in [3.63, 3.8) is 0 Å². The molecular formula is C10H13NO. The van der Waals surface area contributed by atoms with Crippen molar-refractivity contribution in [1.29, 1.82) is 0 Å². The molecule has 64 valence electrons. The Hall–Kier alpha value is -1.02. The van der Waals surface area contributed by atoms with Gasteiger partial charge in [0.1, 0.15) is 0 Å². The van der Waals surface area contributed by atoms with E-state index >= 15 is 0 Å². The lowest BCUT2D eigenvalue weighted by Gasteiger charge is -2.22. The van der Waals surface area contributed by atoms with Gasteiger partial charge >= 0.3 is 0 Å².